The predicted octanol–water partition coefficient (Wildman–Crippen LogP) is 2.69. The molecule has 0 aromatic heterocycles. The number of carbonyl (C=O) groups excluding carboxylic acids is 2. The molecule has 0 aliphatic heterocycles. The molecule has 0 aliphatic rings. The zero-order chi connectivity index (χ0) is 22.5. The van der Waals surface area contributed by atoms with Crippen molar-refractivity contribution in [3.63, 3.8) is 0 Å². The van der Waals surface area contributed by atoms with Gasteiger partial charge in [-0.1, -0.05) is 45.8 Å². The Bertz CT molecular complexity index is 992. The fraction of sp³-hybridized carbons (Fsp3) is 0.333. The van der Waals surface area contributed by atoms with Gasteiger partial charge in [-0.3, -0.25) is 13.9 Å². The zero-order valence-electron chi connectivity index (χ0n) is 17.4. The van der Waals surface area contributed by atoms with Gasteiger partial charge in [0.05, 0.1) is 11.9 Å². The Hall–Kier alpha value is -2.39. The molecule has 0 unspecified atom stereocenters. The smallest absolute Gasteiger partial charge is 0.244 e. The SMILES string of the molecule is CNC(=O)[C@@H](C)N(Cc1ccc(Br)cc1)C(=O)CN(c1ccc(C)cc1)S(C)(=O)=O. The van der Waals surface area contributed by atoms with E-state index in [2.05, 4.69) is 21.2 Å². The molecule has 0 fully saturated rings. The van der Waals surface area contributed by atoms with E-state index in [1.54, 1.807) is 31.2 Å². The van der Waals surface area contributed by atoms with Crippen molar-refractivity contribution >= 4 is 43.5 Å². The number of anilines is 1. The Morgan fingerprint density at radius 1 is 1.07 bits per heavy atom. The summed E-state index contributed by atoms with van der Waals surface area (Å²) >= 11 is 3.37. The number of likely N-dealkylation sites (N-methyl/N-ethyl adjacent to an activating group) is 1. The van der Waals surface area contributed by atoms with E-state index >= 15 is 0 Å². The highest BCUT2D eigenvalue weighted by atomic mass is 79.9. The van der Waals surface area contributed by atoms with Gasteiger partial charge >= 0.3 is 0 Å². The van der Waals surface area contributed by atoms with Crippen LogP contribution in [0.3, 0.4) is 0 Å². The van der Waals surface area contributed by atoms with Crippen LogP contribution in [-0.4, -0.2) is 51.0 Å². The lowest BCUT2D eigenvalue weighted by atomic mass is 10.1. The molecule has 0 saturated carbocycles. The number of nitrogens with zero attached hydrogens (tertiary/aromatic N) is 2. The maximum atomic E-state index is 13.2. The number of amides is 2. The number of benzene rings is 2. The fourth-order valence-corrected chi connectivity index (χ4v) is 4.02. The van der Waals surface area contributed by atoms with Crippen LogP contribution < -0.4 is 9.62 Å². The Morgan fingerprint density at radius 2 is 1.63 bits per heavy atom. The van der Waals surface area contributed by atoms with Crippen molar-refractivity contribution in [2.75, 3.05) is 24.2 Å². The first kappa shape index (κ1) is 23.9. The molecule has 2 amide bonds. The zero-order valence-corrected chi connectivity index (χ0v) is 19.8. The van der Waals surface area contributed by atoms with Crippen LogP contribution in [0.5, 0.6) is 0 Å². The average molecular weight is 496 g/mol. The van der Waals surface area contributed by atoms with Crippen LogP contribution in [-0.2, 0) is 26.2 Å². The molecule has 0 radical (unpaired) electrons. The normalized spacial score (nSPS) is 12.2. The Morgan fingerprint density at radius 3 is 2.13 bits per heavy atom. The summed E-state index contributed by atoms with van der Waals surface area (Å²) in [4.78, 5) is 26.8. The first-order valence-electron chi connectivity index (χ1n) is 9.33. The van der Waals surface area contributed by atoms with E-state index in [-0.39, 0.29) is 12.5 Å². The minimum absolute atomic E-state index is 0.173. The van der Waals surface area contributed by atoms with Crippen molar-refractivity contribution in [1.29, 1.82) is 0 Å². The van der Waals surface area contributed by atoms with Crippen LogP contribution in [0, 0.1) is 6.92 Å². The number of hydrogen-bond donors (Lipinski definition) is 1. The first-order chi connectivity index (χ1) is 14.0. The van der Waals surface area contributed by atoms with Gasteiger partial charge in [-0.15, -0.1) is 0 Å². The number of nitrogens with one attached hydrogen (secondary N) is 1. The summed E-state index contributed by atoms with van der Waals surface area (Å²) in [6.07, 6.45) is 1.06. The number of sulfonamides is 1. The molecule has 9 heteroatoms. The maximum Gasteiger partial charge on any atom is 0.244 e. The molecule has 2 rings (SSSR count). The molecular weight excluding hydrogens is 470 g/mol. The van der Waals surface area contributed by atoms with E-state index in [9.17, 15) is 18.0 Å². The van der Waals surface area contributed by atoms with E-state index in [1.807, 2.05) is 31.2 Å². The minimum Gasteiger partial charge on any atom is -0.357 e. The summed E-state index contributed by atoms with van der Waals surface area (Å²) in [6.45, 7) is 3.28. The van der Waals surface area contributed by atoms with Crippen LogP contribution in [0.2, 0.25) is 0 Å². The van der Waals surface area contributed by atoms with Crippen LogP contribution >= 0.6 is 15.9 Å². The van der Waals surface area contributed by atoms with E-state index in [0.717, 1.165) is 26.2 Å². The minimum atomic E-state index is -3.71. The quantitative estimate of drug-likeness (QED) is 0.609. The van der Waals surface area contributed by atoms with E-state index in [0.29, 0.717) is 5.69 Å². The third kappa shape index (κ3) is 6.30. The topological polar surface area (TPSA) is 86.8 Å². The molecule has 7 nitrogen and oxygen atoms in total. The monoisotopic (exact) mass is 495 g/mol. The molecule has 0 heterocycles. The third-order valence-electron chi connectivity index (χ3n) is 4.68. The Balaban J connectivity index is 2.35. The second-order valence-corrected chi connectivity index (χ2v) is 9.87. The first-order valence-corrected chi connectivity index (χ1v) is 12.0. The number of carbonyl (C=O) groups is 2. The maximum absolute atomic E-state index is 13.2. The van der Waals surface area contributed by atoms with Crippen molar-refractivity contribution in [3.8, 4) is 0 Å². The molecule has 1 N–H and O–H groups in total. The van der Waals surface area contributed by atoms with Gasteiger partial charge in [0.25, 0.3) is 0 Å². The lowest BCUT2D eigenvalue weighted by molar-refractivity contribution is -0.139. The lowest BCUT2D eigenvalue weighted by Gasteiger charge is -2.31. The van der Waals surface area contributed by atoms with Gasteiger partial charge in [-0.05, 0) is 43.7 Å². The van der Waals surface area contributed by atoms with Gasteiger partial charge in [0.2, 0.25) is 21.8 Å². The molecule has 0 saturated heterocycles. The van der Waals surface area contributed by atoms with E-state index < -0.39 is 28.5 Å². The van der Waals surface area contributed by atoms with E-state index in [1.165, 1.54) is 11.9 Å². The number of rotatable bonds is 8. The Kier molecular flexibility index (Phi) is 8.03. The summed E-state index contributed by atoms with van der Waals surface area (Å²) in [5.74, 6) is -0.804. The van der Waals surface area contributed by atoms with Crippen molar-refractivity contribution in [2.24, 2.45) is 0 Å². The summed E-state index contributed by atoms with van der Waals surface area (Å²) in [6, 6.07) is 13.5. The molecule has 0 spiro atoms. The highest BCUT2D eigenvalue weighted by Crippen LogP contribution is 2.20. The van der Waals surface area contributed by atoms with Crippen LogP contribution in [0.4, 0.5) is 5.69 Å². The second-order valence-electron chi connectivity index (χ2n) is 7.04. The standard InChI is InChI=1S/C21H26BrN3O4S/c1-15-5-11-19(12-6-15)25(30(4,28)29)14-20(26)24(16(2)21(27)23-3)13-17-7-9-18(22)10-8-17/h5-12,16H,13-14H2,1-4H3,(H,23,27)/t16-/m1/s1. The van der Waals surface area contributed by atoms with Crippen LogP contribution in [0.1, 0.15) is 18.1 Å². The Labute approximate surface area is 186 Å². The molecular formula is C21H26BrN3O4S. The summed E-state index contributed by atoms with van der Waals surface area (Å²) in [5, 5.41) is 2.54. The highest BCUT2D eigenvalue weighted by molar-refractivity contribution is 9.10. The van der Waals surface area contributed by atoms with Crippen LogP contribution in [0.15, 0.2) is 53.0 Å². The molecule has 30 heavy (non-hydrogen) atoms. The predicted molar refractivity (Wildman–Crippen MR) is 122 cm³/mol. The van der Waals surface area contributed by atoms with Gasteiger partial charge in [0.1, 0.15) is 12.6 Å². The van der Waals surface area contributed by atoms with Crippen molar-refractivity contribution in [1.82, 2.24) is 10.2 Å². The highest BCUT2D eigenvalue weighted by Gasteiger charge is 2.29. The van der Waals surface area contributed by atoms with Gasteiger partial charge in [0, 0.05) is 18.1 Å². The summed E-state index contributed by atoms with van der Waals surface area (Å²) < 4.78 is 26.8. The van der Waals surface area contributed by atoms with Gasteiger partial charge in [-0.2, -0.15) is 0 Å². The fourth-order valence-electron chi connectivity index (χ4n) is 2.90. The lowest BCUT2D eigenvalue weighted by Crippen LogP contribution is -2.50. The van der Waals surface area contributed by atoms with Crippen molar-refractivity contribution in [3.05, 3.63) is 64.1 Å². The van der Waals surface area contributed by atoms with Crippen LogP contribution in [0.25, 0.3) is 0 Å². The molecule has 2 aromatic rings. The average Bonchev–Trinajstić information content (AvgIpc) is 2.70. The molecule has 0 bridgehead atoms. The number of hydrogen-bond acceptors (Lipinski definition) is 4. The summed E-state index contributed by atoms with van der Waals surface area (Å²) in [5.41, 5.74) is 2.19. The number of halogens is 1. The molecule has 0 aliphatic carbocycles. The third-order valence-corrected chi connectivity index (χ3v) is 6.35. The van der Waals surface area contributed by atoms with Crippen molar-refractivity contribution in [2.45, 2.75) is 26.4 Å². The van der Waals surface area contributed by atoms with Gasteiger partial charge in [0.15, 0.2) is 0 Å². The molecule has 1 atom stereocenters. The van der Waals surface area contributed by atoms with E-state index in [4.69, 9.17) is 0 Å². The largest absolute Gasteiger partial charge is 0.357 e. The summed E-state index contributed by atoms with van der Waals surface area (Å²) in [7, 11) is -2.21. The molecule has 2 aromatic carbocycles. The van der Waals surface area contributed by atoms with Crippen molar-refractivity contribution < 1.29 is 18.0 Å². The van der Waals surface area contributed by atoms with Gasteiger partial charge in [-0.25, -0.2) is 8.42 Å². The van der Waals surface area contributed by atoms with Gasteiger partial charge < -0.3 is 10.2 Å². The second kappa shape index (κ2) is 10.1. The molecule has 162 valence electrons. The number of aryl methyl sites for hydroxylation is 1.